The maximum atomic E-state index is 9.82. The van der Waals surface area contributed by atoms with E-state index in [9.17, 15) is 4.79 Å². The van der Waals surface area contributed by atoms with E-state index in [1.807, 2.05) is 0 Å². The Morgan fingerprint density at radius 2 is 2.00 bits per heavy atom. The molecule has 0 spiro atoms. The van der Waals surface area contributed by atoms with Crippen LogP contribution in [0.5, 0.6) is 0 Å². The number of carbonyl (C=O) groups excluding carboxylic acids is 1. The molecule has 1 aliphatic heterocycles. The zero-order valence-corrected chi connectivity index (χ0v) is 12.3. The van der Waals surface area contributed by atoms with Gasteiger partial charge in [0.1, 0.15) is 0 Å². The highest BCUT2D eigenvalue weighted by molar-refractivity contribution is 6.17. The molecule has 4 nitrogen and oxygen atoms in total. The standard InChI is InChI=1S/C7H15ClN2.C4H8O2.ClH/c8-2-1-5-10-6-3-9-4-7-10;1-3-6-4(2)5;/h9H,1-7H2;3H2,1-2H3;1H. The number of halogens is 2. The van der Waals surface area contributed by atoms with Crippen LogP contribution in [-0.4, -0.2) is 56.1 Å². The molecule has 1 heterocycles. The number of esters is 1. The first kappa shape index (κ1) is 19.3. The van der Waals surface area contributed by atoms with Gasteiger partial charge in [0, 0.05) is 39.0 Å². The lowest BCUT2D eigenvalue weighted by Gasteiger charge is -2.26. The summed E-state index contributed by atoms with van der Waals surface area (Å²) in [7, 11) is 0. The SMILES string of the molecule is CCOC(C)=O.Cl.ClCCCN1CCNCC1. The summed E-state index contributed by atoms with van der Waals surface area (Å²) in [6.45, 7) is 9.49. The van der Waals surface area contributed by atoms with Crippen molar-refractivity contribution in [3.63, 3.8) is 0 Å². The molecule has 0 radical (unpaired) electrons. The first-order valence-electron chi connectivity index (χ1n) is 5.83. The van der Waals surface area contributed by atoms with Gasteiger partial charge in [0.2, 0.25) is 0 Å². The number of hydrogen-bond donors (Lipinski definition) is 1. The van der Waals surface area contributed by atoms with E-state index < -0.39 is 0 Å². The fourth-order valence-electron chi connectivity index (χ4n) is 1.42. The number of hydrogen-bond acceptors (Lipinski definition) is 4. The van der Waals surface area contributed by atoms with Crippen LogP contribution >= 0.6 is 24.0 Å². The van der Waals surface area contributed by atoms with Gasteiger partial charge in [0.15, 0.2) is 0 Å². The summed E-state index contributed by atoms with van der Waals surface area (Å²) in [5, 5.41) is 3.32. The molecule has 0 aromatic carbocycles. The van der Waals surface area contributed by atoms with Crippen LogP contribution in [0, 0.1) is 0 Å². The van der Waals surface area contributed by atoms with Crippen LogP contribution in [0.15, 0.2) is 0 Å². The summed E-state index contributed by atoms with van der Waals surface area (Å²) in [4.78, 5) is 12.3. The lowest BCUT2D eigenvalue weighted by atomic mass is 10.3. The van der Waals surface area contributed by atoms with Crippen molar-refractivity contribution in [3.8, 4) is 0 Å². The Balaban J connectivity index is 0. The molecule has 0 unspecified atom stereocenters. The summed E-state index contributed by atoms with van der Waals surface area (Å²) < 4.78 is 4.40. The van der Waals surface area contributed by atoms with Crippen molar-refractivity contribution in [1.29, 1.82) is 0 Å². The number of ether oxygens (including phenoxy) is 1. The summed E-state index contributed by atoms with van der Waals surface area (Å²) in [5.74, 6) is 0.585. The van der Waals surface area contributed by atoms with Gasteiger partial charge in [0.25, 0.3) is 0 Å². The van der Waals surface area contributed by atoms with E-state index in [-0.39, 0.29) is 18.4 Å². The normalized spacial score (nSPS) is 15.2. The second-order valence-corrected chi connectivity index (χ2v) is 3.94. The number of nitrogens with zero attached hydrogens (tertiary/aromatic N) is 1. The van der Waals surface area contributed by atoms with Crippen LogP contribution in [0.3, 0.4) is 0 Å². The van der Waals surface area contributed by atoms with E-state index in [1.54, 1.807) is 6.92 Å². The Bertz CT molecular complexity index is 177. The third-order valence-corrected chi connectivity index (χ3v) is 2.43. The predicted octanol–water partition coefficient (Wildman–Crippen LogP) is 1.51. The number of nitrogens with one attached hydrogen (secondary N) is 1. The van der Waals surface area contributed by atoms with E-state index in [0.29, 0.717) is 6.61 Å². The minimum atomic E-state index is -0.211. The number of rotatable bonds is 4. The van der Waals surface area contributed by atoms with Crippen molar-refractivity contribution in [3.05, 3.63) is 0 Å². The van der Waals surface area contributed by atoms with Crippen molar-refractivity contribution in [2.75, 3.05) is 45.2 Å². The number of alkyl halides is 1. The molecule has 6 heteroatoms. The fraction of sp³-hybridized carbons (Fsp3) is 0.909. The van der Waals surface area contributed by atoms with Gasteiger partial charge < -0.3 is 15.0 Å². The van der Waals surface area contributed by atoms with Gasteiger partial charge in [-0.25, -0.2) is 0 Å². The maximum Gasteiger partial charge on any atom is 0.302 e. The number of carbonyl (C=O) groups is 1. The topological polar surface area (TPSA) is 41.6 Å². The van der Waals surface area contributed by atoms with Gasteiger partial charge in [-0.05, 0) is 19.9 Å². The molecule has 17 heavy (non-hydrogen) atoms. The monoisotopic (exact) mass is 286 g/mol. The molecule has 0 amide bonds. The molecule has 1 saturated heterocycles. The molecule has 0 aliphatic carbocycles. The highest BCUT2D eigenvalue weighted by Gasteiger charge is 2.07. The van der Waals surface area contributed by atoms with Gasteiger partial charge in [-0.3, -0.25) is 4.79 Å². The van der Waals surface area contributed by atoms with Crippen LogP contribution in [0.4, 0.5) is 0 Å². The summed E-state index contributed by atoms with van der Waals surface area (Å²) in [5.41, 5.74) is 0. The van der Waals surface area contributed by atoms with E-state index in [2.05, 4.69) is 15.0 Å². The van der Waals surface area contributed by atoms with E-state index in [0.717, 1.165) is 25.4 Å². The molecule has 1 aliphatic rings. The van der Waals surface area contributed by atoms with Crippen molar-refractivity contribution in [2.45, 2.75) is 20.3 Å². The quantitative estimate of drug-likeness (QED) is 0.628. The smallest absolute Gasteiger partial charge is 0.302 e. The molecular formula is C11H24Cl2N2O2. The summed E-state index contributed by atoms with van der Waals surface area (Å²) >= 11 is 5.58. The van der Waals surface area contributed by atoms with Gasteiger partial charge in [-0.2, -0.15) is 0 Å². The molecule has 0 aromatic rings. The zero-order chi connectivity index (χ0) is 12.2. The molecule has 1 rings (SSSR count). The minimum Gasteiger partial charge on any atom is -0.466 e. The maximum absolute atomic E-state index is 9.82. The Labute approximate surface area is 115 Å². The van der Waals surface area contributed by atoms with Gasteiger partial charge in [0.05, 0.1) is 6.61 Å². The summed E-state index contributed by atoms with van der Waals surface area (Å²) in [6, 6.07) is 0. The molecule has 0 bridgehead atoms. The zero-order valence-electron chi connectivity index (χ0n) is 10.7. The molecule has 1 N–H and O–H groups in total. The summed E-state index contributed by atoms with van der Waals surface area (Å²) in [6.07, 6.45) is 1.13. The largest absolute Gasteiger partial charge is 0.466 e. The fourth-order valence-corrected chi connectivity index (χ4v) is 1.54. The Kier molecular flexibility index (Phi) is 15.9. The van der Waals surface area contributed by atoms with Crippen LogP contribution < -0.4 is 5.32 Å². The van der Waals surface area contributed by atoms with E-state index >= 15 is 0 Å². The highest BCUT2D eigenvalue weighted by Crippen LogP contribution is 1.94. The second kappa shape index (κ2) is 14.0. The molecule has 0 atom stereocenters. The Hall–Kier alpha value is -0.0300. The molecule has 0 saturated carbocycles. The molecule has 0 aromatic heterocycles. The van der Waals surface area contributed by atoms with Crippen molar-refractivity contribution < 1.29 is 9.53 Å². The third kappa shape index (κ3) is 13.9. The average molecular weight is 287 g/mol. The highest BCUT2D eigenvalue weighted by atomic mass is 35.5. The van der Waals surface area contributed by atoms with Crippen LogP contribution in [0.25, 0.3) is 0 Å². The average Bonchev–Trinajstić information content (AvgIpc) is 2.28. The van der Waals surface area contributed by atoms with E-state index in [1.165, 1.54) is 26.6 Å². The predicted molar refractivity (Wildman–Crippen MR) is 74.2 cm³/mol. The van der Waals surface area contributed by atoms with Crippen LogP contribution in [-0.2, 0) is 9.53 Å². The van der Waals surface area contributed by atoms with Crippen molar-refractivity contribution in [2.24, 2.45) is 0 Å². The van der Waals surface area contributed by atoms with Crippen LogP contribution in [0.2, 0.25) is 0 Å². The first-order chi connectivity index (χ1) is 7.70. The van der Waals surface area contributed by atoms with Crippen LogP contribution in [0.1, 0.15) is 20.3 Å². The lowest BCUT2D eigenvalue weighted by molar-refractivity contribution is -0.140. The van der Waals surface area contributed by atoms with Gasteiger partial charge in [-0.15, -0.1) is 24.0 Å². The lowest BCUT2D eigenvalue weighted by Crippen LogP contribution is -2.43. The molecule has 104 valence electrons. The van der Waals surface area contributed by atoms with Crippen molar-refractivity contribution >= 4 is 30.0 Å². The minimum absolute atomic E-state index is 0. The van der Waals surface area contributed by atoms with Gasteiger partial charge in [-0.1, -0.05) is 0 Å². The van der Waals surface area contributed by atoms with E-state index in [4.69, 9.17) is 11.6 Å². The molecule has 1 fully saturated rings. The number of piperazine rings is 1. The molecular weight excluding hydrogens is 263 g/mol. The Morgan fingerprint density at radius 3 is 2.35 bits per heavy atom. The first-order valence-corrected chi connectivity index (χ1v) is 6.36. The Morgan fingerprint density at radius 1 is 1.41 bits per heavy atom. The third-order valence-electron chi connectivity index (χ3n) is 2.17. The van der Waals surface area contributed by atoms with Crippen molar-refractivity contribution in [1.82, 2.24) is 10.2 Å². The second-order valence-electron chi connectivity index (χ2n) is 3.56. The van der Waals surface area contributed by atoms with Gasteiger partial charge >= 0.3 is 5.97 Å².